The van der Waals surface area contributed by atoms with Crippen LogP contribution in [0.15, 0.2) is 27.8 Å². The number of oxime groups is 1. The first-order valence-corrected chi connectivity index (χ1v) is 8.38. The molecule has 0 aliphatic heterocycles. The highest BCUT2D eigenvalue weighted by Gasteiger charge is 2.09. The van der Waals surface area contributed by atoms with Gasteiger partial charge in [-0.1, -0.05) is 66.5 Å². The zero-order chi connectivity index (χ0) is 15.5. The maximum Gasteiger partial charge on any atom is 0.173 e. The highest BCUT2D eigenvalue weighted by Crippen LogP contribution is 2.23. The number of halogens is 1. The summed E-state index contributed by atoms with van der Waals surface area (Å²) in [4.78, 5) is 0. The molecule has 1 aromatic carbocycles. The van der Waals surface area contributed by atoms with Crippen LogP contribution < -0.4 is 10.5 Å². The number of unbranched alkanes of at least 4 members (excludes halogenated alkanes) is 6. The fourth-order valence-electron chi connectivity index (χ4n) is 2.12. The third-order valence-corrected chi connectivity index (χ3v) is 3.82. The molecule has 0 heterocycles. The molecular weight excluding hydrogens is 332 g/mol. The Balaban J connectivity index is 2.35. The molecule has 3 N–H and O–H groups in total. The summed E-state index contributed by atoms with van der Waals surface area (Å²) in [6.07, 6.45) is 8.72. The summed E-state index contributed by atoms with van der Waals surface area (Å²) in [6.45, 7) is 2.88. The second-order valence-electron chi connectivity index (χ2n) is 5.10. The van der Waals surface area contributed by atoms with E-state index in [1.54, 1.807) is 6.07 Å². The molecule has 4 nitrogen and oxygen atoms in total. The van der Waals surface area contributed by atoms with Crippen LogP contribution in [-0.4, -0.2) is 17.6 Å². The van der Waals surface area contributed by atoms with Crippen molar-refractivity contribution in [2.45, 2.75) is 51.9 Å². The lowest BCUT2D eigenvalue weighted by atomic mass is 10.1. The van der Waals surface area contributed by atoms with Crippen LogP contribution in [0.1, 0.15) is 57.4 Å². The van der Waals surface area contributed by atoms with Gasteiger partial charge in [0.1, 0.15) is 5.75 Å². The highest BCUT2D eigenvalue weighted by molar-refractivity contribution is 9.10. The van der Waals surface area contributed by atoms with Gasteiger partial charge in [0.2, 0.25) is 0 Å². The molecule has 0 bridgehead atoms. The van der Waals surface area contributed by atoms with Crippen LogP contribution in [0.25, 0.3) is 0 Å². The predicted molar refractivity (Wildman–Crippen MR) is 90.1 cm³/mol. The zero-order valence-corrected chi connectivity index (χ0v) is 14.2. The normalized spacial score (nSPS) is 11.6. The van der Waals surface area contributed by atoms with Crippen molar-refractivity contribution in [1.29, 1.82) is 0 Å². The number of hydrogen-bond acceptors (Lipinski definition) is 3. The molecule has 0 aromatic heterocycles. The lowest BCUT2D eigenvalue weighted by Crippen LogP contribution is -2.15. The Hall–Kier alpha value is -1.23. The molecule has 21 heavy (non-hydrogen) atoms. The van der Waals surface area contributed by atoms with E-state index in [1.807, 2.05) is 12.1 Å². The molecule has 0 unspecified atom stereocenters. The molecule has 0 saturated heterocycles. The van der Waals surface area contributed by atoms with Crippen molar-refractivity contribution in [3.63, 3.8) is 0 Å². The van der Waals surface area contributed by atoms with Gasteiger partial charge in [0, 0.05) is 4.47 Å². The average molecular weight is 357 g/mol. The Morgan fingerprint density at radius 1 is 1.19 bits per heavy atom. The SMILES string of the molecule is CCCCCCCCCOc1ccc(Br)cc1/C(N)=N/O. The molecule has 0 aliphatic carbocycles. The molecular formula is C16H25BrN2O2. The summed E-state index contributed by atoms with van der Waals surface area (Å²) in [5, 5.41) is 11.8. The third-order valence-electron chi connectivity index (χ3n) is 3.33. The molecule has 0 amide bonds. The lowest BCUT2D eigenvalue weighted by Gasteiger charge is -2.11. The number of rotatable bonds is 10. The summed E-state index contributed by atoms with van der Waals surface area (Å²) < 4.78 is 6.62. The van der Waals surface area contributed by atoms with Crippen molar-refractivity contribution < 1.29 is 9.94 Å². The summed E-state index contributed by atoms with van der Waals surface area (Å²) in [5.41, 5.74) is 6.27. The quantitative estimate of drug-likeness (QED) is 0.210. The first-order chi connectivity index (χ1) is 10.2. The minimum Gasteiger partial charge on any atom is -0.493 e. The average Bonchev–Trinajstić information content (AvgIpc) is 2.50. The fourth-order valence-corrected chi connectivity index (χ4v) is 2.48. The van der Waals surface area contributed by atoms with Gasteiger partial charge >= 0.3 is 0 Å². The molecule has 5 heteroatoms. The molecule has 1 rings (SSSR count). The van der Waals surface area contributed by atoms with Crippen LogP contribution in [0.5, 0.6) is 5.75 Å². The van der Waals surface area contributed by atoms with E-state index in [2.05, 4.69) is 28.0 Å². The van der Waals surface area contributed by atoms with Crippen molar-refractivity contribution in [3.05, 3.63) is 28.2 Å². The van der Waals surface area contributed by atoms with E-state index in [1.165, 1.54) is 38.5 Å². The number of nitrogens with two attached hydrogens (primary N) is 1. The minimum absolute atomic E-state index is 0.0610. The Bertz CT molecular complexity index is 450. The maximum atomic E-state index is 8.81. The summed E-state index contributed by atoms with van der Waals surface area (Å²) in [5.74, 6) is 0.713. The van der Waals surface area contributed by atoms with Crippen LogP contribution in [0.2, 0.25) is 0 Å². The number of amidine groups is 1. The zero-order valence-electron chi connectivity index (χ0n) is 12.6. The Morgan fingerprint density at radius 2 is 1.86 bits per heavy atom. The highest BCUT2D eigenvalue weighted by atomic mass is 79.9. The second kappa shape index (κ2) is 10.5. The Morgan fingerprint density at radius 3 is 2.52 bits per heavy atom. The van der Waals surface area contributed by atoms with Gasteiger partial charge in [-0.25, -0.2) is 0 Å². The van der Waals surface area contributed by atoms with Crippen molar-refractivity contribution >= 4 is 21.8 Å². The topological polar surface area (TPSA) is 67.8 Å². The molecule has 0 aliphatic rings. The third kappa shape index (κ3) is 6.85. The molecule has 0 saturated carbocycles. The number of benzene rings is 1. The molecule has 0 spiro atoms. The van der Waals surface area contributed by atoms with Crippen molar-refractivity contribution in [1.82, 2.24) is 0 Å². The largest absolute Gasteiger partial charge is 0.493 e. The summed E-state index contributed by atoms with van der Waals surface area (Å²) >= 11 is 3.37. The molecule has 0 radical (unpaired) electrons. The van der Waals surface area contributed by atoms with Crippen LogP contribution in [-0.2, 0) is 0 Å². The van der Waals surface area contributed by atoms with Crippen LogP contribution in [0.3, 0.4) is 0 Å². The Labute approximate surface area is 135 Å². The van der Waals surface area contributed by atoms with Gasteiger partial charge in [0.25, 0.3) is 0 Å². The minimum atomic E-state index is 0.0610. The molecule has 118 valence electrons. The van der Waals surface area contributed by atoms with Gasteiger partial charge in [-0.3, -0.25) is 0 Å². The predicted octanol–water partition coefficient (Wildman–Crippen LogP) is 4.67. The first kappa shape index (κ1) is 17.8. The van der Waals surface area contributed by atoms with Gasteiger partial charge in [-0.2, -0.15) is 0 Å². The van der Waals surface area contributed by atoms with Crippen molar-refractivity contribution in [2.75, 3.05) is 6.61 Å². The van der Waals surface area contributed by atoms with Crippen molar-refractivity contribution in [2.24, 2.45) is 10.9 Å². The molecule has 1 aromatic rings. The van der Waals surface area contributed by atoms with Gasteiger partial charge in [-0.05, 0) is 24.6 Å². The number of hydrogen-bond donors (Lipinski definition) is 2. The van der Waals surface area contributed by atoms with E-state index in [-0.39, 0.29) is 5.84 Å². The van der Waals surface area contributed by atoms with E-state index in [4.69, 9.17) is 15.7 Å². The fraction of sp³-hybridized carbons (Fsp3) is 0.562. The van der Waals surface area contributed by atoms with Gasteiger partial charge in [0.05, 0.1) is 12.2 Å². The van der Waals surface area contributed by atoms with Crippen LogP contribution in [0.4, 0.5) is 0 Å². The smallest absolute Gasteiger partial charge is 0.173 e. The van der Waals surface area contributed by atoms with E-state index >= 15 is 0 Å². The van der Waals surface area contributed by atoms with E-state index in [9.17, 15) is 0 Å². The van der Waals surface area contributed by atoms with Gasteiger partial charge in [0.15, 0.2) is 5.84 Å². The lowest BCUT2D eigenvalue weighted by molar-refractivity contribution is 0.301. The maximum absolute atomic E-state index is 8.81. The van der Waals surface area contributed by atoms with Gasteiger partial charge in [-0.15, -0.1) is 0 Å². The van der Waals surface area contributed by atoms with Crippen molar-refractivity contribution in [3.8, 4) is 5.75 Å². The summed E-state index contributed by atoms with van der Waals surface area (Å²) in [6, 6.07) is 5.50. The molecule has 0 fully saturated rings. The summed E-state index contributed by atoms with van der Waals surface area (Å²) in [7, 11) is 0. The van der Waals surface area contributed by atoms with Crippen LogP contribution in [0, 0.1) is 0 Å². The van der Waals surface area contributed by atoms with Crippen LogP contribution >= 0.6 is 15.9 Å². The molecule has 0 atom stereocenters. The van der Waals surface area contributed by atoms with E-state index in [0.717, 1.165) is 10.9 Å². The van der Waals surface area contributed by atoms with E-state index in [0.29, 0.717) is 17.9 Å². The van der Waals surface area contributed by atoms with E-state index < -0.39 is 0 Å². The standard InChI is InChI=1S/C16H25BrN2O2/c1-2-3-4-5-6-7-8-11-21-15-10-9-13(17)12-14(15)16(18)19-20/h9-10,12,20H,2-8,11H2,1H3,(H2,18,19). The second-order valence-corrected chi connectivity index (χ2v) is 6.01. The number of ether oxygens (including phenoxy) is 1. The first-order valence-electron chi connectivity index (χ1n) is 7.59. The number of nitrogens with zero attached hydrogens (tertiary/aromatic N) is 1. The Kier molecular flexibility index (Phi) is 8.90. The monoisotopic (exact) mass is 356 g/mol. The van der Waals surface area contributed by atoms with Gasteiger partial charge < -0.3 is 15.7 Å².